The zero-order valence-corrected chi connectivity index (χ0v) is 10.1. The lowest BCUT2D eigenvalue weighted by Gasteiger charge is -2.56. The molecule has 0 aromatic carbocycles. The summed E-state index contributed by atoms with van der Waals surface area (Å²) < 4.78 is 0. The molecule has 4 rings (SSSR count). The molecule has 90 valence electrons. The van der Waals surface area contributed by atoms with Gasteiger partial charge in [0.05, 0.1) is 0 Å². The Morgan fingerprint density at radius 1 is 1.06 bits per heavy atom. The first-order chi connectivity index (χ1) is 7.69. The van der Waals surface area contributed by atoms with Crippen LogP contribution in [0.2, 0.25) is 0 Å². The third-order valence-electron chi connectivity index (χ3n) is 5.16. The van der Waals surface area contributed by atoms with E-state index in [0.717, 1.165) is 24.2 Å². The van der Waals surface area contributed by atoms with Crippen LogP contribution in [0.4, 0.5) is 0 Å². The van der Waals surface area contributed by atoms with Crippen LogP contribution in [0, 0.1) is 23.2 Å². The van der Waals surface area contributed by atoms with Crippen molar-refractivity contribution in [2.75, 3.05) is 6.54 Å². The lowest BCUT2D eigenvalue weighted by molar-refractivity contribution is -0.127. The van der Waals surface area contributed by atoms with Gasteiger partial charge in [0.1, 0.15) is 5.78 Å². The predicted molar refractivity (Wildman–Crippen MR) is 63.9 cm³/mol. The molecule has 16 heavy (non-hydrogen) atoms. The van der Waals surface area contributed by atoms with Gasteiger partial charge in [-0.3, -0.25) is 4.79 Å². The maximum Gasteiger partial charge on any atom is 0.134 e. The normalized spacial score (nSPS) is 44.9. The summed E-state index contributed by atoms with van der Waals surface area (Å²) >= 11 is 0. The maximum absolute atomic E-state index is 11.8. The molecule has 0 aromatic rings. The Morgan fingerprint density at radius 3 is 2.00 bits per heavy atom. The molecule has 4 aliphatic rings. The van der Waals surface area contributed by atoms with E-state index in [9.17, 15) is 4.79 Å². The summed E-state index contributed by atoms with van der Waals surface area (Å²) in [6.07, 6.45) is 9.86. The van der Waals surface area contributed by atoms with Gasteiger partial charge in [-0.15, -0.1) is 0 Å². The van der Waals surface area contributed by atoms with Gasteiger partial charge in [0.15, 0.2) is 0 Å². The van der Waals surface area contributed by atoms with Crippen molar-refractivity contribution >= 4 is 5.78 Å². The van der Waals surface area contributed by atoms with Crippen LogP contribution in [0.3, 0.4) is 0 Å². The minimum absolute atomic E-state index is 0.418. The van der Waals surface area contributed by atoms with Crippen LogP contribution in [-0.4, -0.2) is 12.3 Å². The van der Waals surface area contributed by atoms with Gasteiger partial charge in [-0.2, -0.15) is 0 Å². The highest BCUT2D eigenvalue weighted by molar-refractivity contribution is 5.79. The molecule has 0 aliphatic heterocycles. The van der Waals surface area contributed by atoms with Crippen LogP contribution in [-0.2, 0) is 4.79 Å². The van der Waals surface area contributed by atoms with Gasteiger partial charge in [0.2, 0.25) is 0 Å². The summed E-state index contributed by atoms with van der Waals surface area (Å²) in [6.45, 7) is 0.533. The number of hydrogen-bond donors (Lipinski definition) is 1. The molecule has 0 atom stereocenters. The first-order valence-corrected chi connectivity index (χ1v) is 6.91. The van der Waals surface area contributed by atoms with Gasteiger partial charge in [-0.1, -0.05) is 0 Å². The van der Waals surface area contributed by atoms with Crippen molar-refractivity contribution in [2.24, 2.45) is 28.9 Å². The Bertz CT molecular complexity index is 262. The Labute approximate surface area is 98.0 Å². The van der Waals surface area contributed by atoms with E-state index in [-0.39, 0.29) is 0 Å². The van der Waals surface area contributed by atoms with Crippen molar-refractivity contribution in [1.82, 2.24) is 0 Å². The molecule has 4 saturated carbocycles. The van der Waals surface area contributed by atoms with E-state index in [1.54, 1.807) is 0 Å². The van der Waals surface area contributed by atoms with Gasteiger partial charge in [-0.25, -0.2) is 0 Å². The quantitative estimate of drug-likeness (QED) is 0.792. The number of ketones is 1. The largest absolute Gasteiger partial charge is 0.330 e. The monoisotopic (exact) mass is 221 g/mol. The van der Waals surface area contributed by atoms with E-state index in [0.29, 0.717) is 24.2 Å². The second-order valence-electron chi connectivity index (χ2n) is 6.67. The van der Waals surface area contributed by atoms with E-state index in [1.165, 1.54) is 38.5 Å². The van der Waals surface area contributed by atoms with Crippen LogP contribution >= 0.6 is 0 Å². The van der Waals surface area contributed by atoms with E-state index in [1.807, 2.05) is 0 Å². The molecule has 0 radical (unpaired) electrons. The van der Waals surface area contributed by atoms with Crippen LogP contribution in [0.25, 0.3) is 0 Å². The van der Waals surface area contributed by atoms with E-state index >= 15 is 0 Å². The van der Waals surface area contributed by atoms with E-state index < -0.39 is 0 Å². The summed E-state index contributed by atoms with van der Waals surface area (Å²) in [4.78, 5) is 11.8. The molecular weight excluding hydrogens is 198 g/mol. The molecule has 0 saturated heterocycles. The molecule has 0 heterocycles. The average Bonchev–Trinajstić information content (AvgIpc) is 2.13. The number of hydrogen-bond acceptors (Lipinski definition) is 2. The van der Waals surface area contributed by atoms with Crippen molar-refractivity contribution < 1.29 is 4.79 Å². The molecule has 2 nitrogen and oxygen atoms in total. The highest BCUT2D eigenvalue weighted by Gasteiger charge is 2.51. The fraction of sp³-hybridized carbons (Fsp3) is 0.929. The Hall–Kier alpha value is -0.370. The molecule has 4 aliphatic carbocycles. The molecule has 4 fully saturated rings. The third kappa shape index (κ3) is 1.81. The maximum atomic E-state index is 11.8. The summed E-state index contributed by atoms with van der Waals surface area (Å²) in [5.41, 5.74) is 5.89. The molecule has 0 spiro atoms. The summed E-state index contributed by atoms with van der Waals surface area (Å²) in [7, 11) is 0. The topological polar surface area (TPSA) is 43.1 Å². The number of nitrogens with two attached hydrogens (primary N) is 1. The van der Waals surface area contributed by atoms with Crippen molar-refractivity contribution in [3.05, 3.63) is 0 Å². The molecule has 2 heteroatoms. The lowest BCUT2D eigenvalue weighted by Crippen LogP contribution is -2.46. The summed E-state index contributed by atoms with van der Waals surface area (Å²) in [5.74, 6) is 3.29. The van der Waals surface area contributed by atoms with Gasteiger partial charge in [0.25, 0.3) is 0 Å². The SMILES string of the molecule is NCCC(=O)CC12CC3CC(CC(C3)C1)C2. The Kier molecular flexibility index (Phi) is 2.58. The average molecular weight is 221 g/mol. The second kappa shape index (κ2) is 3.83. The second-order valence-corrected chi connectivity index (χ2v) is 6.67. The van der Waals surface area contributed by atoms with Crippen LogP contribution < -0.4 is 5.73 Å². The lowest BCUT2D eigenvalue weighted by atomic mass is 9.48. The first-order valence-electron chi connectivity index (χ1n) is 6.91. The molecule has 0 amide bonds. The van der Waals surface area contributed by atoms with Gasteiger partial charge >= 0.3 is 0 Å². The Morgan fingerprint density at radius 2 is 1.56 bits per heavy atom. The van der Waals surface area contributed by atoms with E-state index in [4.69, 9.17) is 5.73 Å². The minimum atomic E-state index is 0.418. The highest BCUT2D eigenvalue weighted by atomic mass is 16.1. The van der Waals surface area contributed by atoms with Crippen molar-refractivity contribution in [3.8, 4) is 0 Å². The standard InChI is InChI=1S/C14H23NO/c15-2-1-13(16)9-14-6-10-3-11(7-14)5-12(4-10)8-14/h10-12H,1-9,15H2. The van der Waals surface area contributed by atoms with Crippen molar-refractivity contribution in [3.63, 3.8) is 0 Å². The predicted octanol–water partition coefficient (Wildman–Crippen LogP) is 2.51. The van der Waals surface area contributed by atoms with Crippen LogP contribution in [0.5, 0.6) is 0 Å². The highest BCUT2D eigenvalue weighted by Crippen LogP contribution is 2.61. The molecule has 0 unspecified atom stereocenters. The number of Topliss-reactive ketones (excluding diaryl/α,β-unsaturated/α-hetero) is 1. The number of carbonyl (C=O) groups is 1. The first kappa shape index (κ1) is 10.8. The fourth-order valence-corrected chi connectivity index (χ4v) is 5.17. The zero-order valence-electron chi connectivity index (χ0n) is 10.1. The molecular formula is C14H23NO. The van der Waals surface area contributed by atoms with Crippen molar-refractivity contribution in [1.29, 1.82) is 0 Å². The fourth-order valence-electron chi connectivity index (χ4n) is 5.17. The smallest absolute Gasteiger partial charge is 0.134 e. The molecule has 4 bridgehead atoms. The van der Waals surface area contributed by atoms with Crippen molar-refractivity contribution in [2.45, 2.75) is 51.4 Å². The molecule has 2 N–H and O–H groups in total. The minimum Gasteiger partial charge on any atom is -0.330 e. The number of rotatable bonds is 4. The summed E-state index contributed by atoms with van der Waals surface area (Å²) in [5, 5.41) is 0. The number of carbonyl (C=O) groups excluding carboxylic acids is 1. The van der Waals surface area contributed by atoms with Crippen LogP contribution in [0.15, 0.2) is 0 Å². The Balaban J connectivity index is 1.71. The molecule has 0 aromatic heterocycles. The van der Waals surface area contributed by atoms with Gasteiger partial charge in [-0.05, 0) is 68.2 Å². The van der Waals surface area contributed by atoms with Gasteiger partial charge in [0, 0.05) is 12.8 Å². The van der Waals surface area contributed by atoms with E-state index in [2.05, 4.69) is 0 Å². The zero-order chi connectivity index (χ0) is 11.2. The van der Waals surface area contributed by atoms with Gasteiger partial charge < -0.3 is 5.73 Å². The third-order valence-corrected chi connectivity index (χ3v) is 5.16. The summed E-state index contributed by atoms with van der Waals surface area (Å²) in [6, 6.07) is 0. The van der Waals surface area contributed by atoms with Crippen LogP contribution in [0.1, 0.15) is 51.4 Å².